The lowest BCUT2D eigenvalue weighted by Crippen LogP contribution is -2.43. The van der Waals surface area contributed by atoms with Crippen LogP contribution in [0.3, 0.4) is 0 Å². The lowest BCUT2D eigenvalue weighted by molar-refractivity contribution is -0.123. The highest BCUT2D eigenvalue weighted by Gasteiger charge is 2.34. The second-order valence-electron chi connectivity index (χ2n) is 8.03. The third-order valence-electron chi connectivity index (χ3n) is 6.01. The maximum absolute atomic E-state index is 13.5. The van der Waals surface area contributed by atoms with Gasteiger partial charge in [0.25, 0.3) is 0 Å². The van der Waals surface area contributed by atoms with E-state index in [1.54, 1.807) is 11.9 Å². The molecule has 0 aliphatic carbocycles. The summed E-state index contributed by atoms with van der Waals surface area (Å²) in [5.41, 5.74) is 2.72. The van der Waals surface area contributed by atoms with Crippen molar-refractivity contribution in [2.45, 2.75) is 17.7 Å². The Morgan fingerprint density at radius 3 is 2.21 bits per heavy atom. The zero-order valence-electron chi connectivity index (χ0n) is 18.1. The maximum atomic E-state index is 13.5. The molecule has 5 nitrogen and oxygen atoms in total. The van der Waals surface area contributed by atoms with E-state index >= 15 is 0 Å². The minimum absolute atomic E-state index is 0.0803. The first kappa shape index (κ1) is 23.1. The Morgan fingerprint density at radius 1 is 0.909 bits per heavy atom. The smallest absolute Gasteiger partial charge is 0.243 e. The minimum Gasteiger partial charge on any atom is -0.315 e. The van der Waals surface area contributed by atoms with Crippen molar-refractivity contribution >= 4 is 21.6 Å². The Bertz CT molecular complexity index is 1260. The molecule has 1 aliphatic heterocycles. The fraction of sp³-hybridized carbons (Fsp3) is 0.240. The van der Waals surface area contributed by atoms with Crippen LogP contribution in [-0.2, 0) is 14.8 Å². The van der Waals surface area contributed by atoms with Crippen molar-refractivity contribution in [1.82, 2.24) is 4.31 Å². The molecule has 1 fully saturated rings. The highest BCUT2D eigenvalue weighted by atomic mass is 32.2. The van der Waals surface area contributed by atoms with Gasteiger partial charge in [0, 0.05) is 31.6 Å². The van der Waals surface area contributed by atoms with Gasteiger partial charge in [-0.2, -0.15) is 4.31 Å². The maximum Gasteiger partial charge on any atom is 0.243 e. The monoisotopic (exact) mass is 470 g/mol. The van der Waals surface area contributed by atoms with Crippen molar-refractivity contribution in [3.8, 4) is 11.1 Å². The quantitative estimate of drug-likeness (QED) is 0.543. The number of hydrogen-bond donors (Lipinski definition) is 0. The molecule has 0 bridgehead atoms. The second-order valence-corrected chi connectivity index (χ2v) is 9.97. The SMILES string of the molecule is CN(C(=O)C1CCN(S(=O)(=O)c2ccc(F)c(F)c2)CC1)c1ccccc1-c1ccccc1. The number of amides is 1. The van der Waals surface area contributed by atoms with Crippen LogP contribution in [0.4, 0.5) is 14.5 Å². The van der Waals surface area contributed by atoms with E-state index in [-0.39, 0.29) is 29.8 Å². The van der Waals surface area contributed by atoms with E-state index in [9.17, 15) is 22.0 Å². The van der Waals surface area contributed by atoms with E-state index in [2.05, 4.69) is 0 Å². The molecule has 3 aromatic carbocycles. The number of anilines is 1. The van der Waals surface area contributed by atoms with Crippen LogP contribution in [0.2, 0.25) is 0 Å². The summed E-state index contributed by atoms with van der Waals surface area (Å²) < 4.78 is 53.6. The van der Waals surface area contributed by atoms with Crippen LogP contribution in [0.25, 0.3) is 11.1 Å². The van der Waals surface area contributed by atoms with Crippen LogP contribution < -0.4 is 4.90 Å². The topological polar surface area (TPSA) is 57.7 Å². The molecule has 0 atom stereocenters. The predicted molar refractivity (Wildman–Crippen MR) is 123 cm³/mol. The molecule has 33 heavy (non-hydrogen) atoms. The Kier molecular flexibility index (Phi) is 6.58. The zero-order chi connectivity index (χ0) is 23.6. The van der Waals surface area contributed by atoms with Crippen molar-refractivity contribution in [2.75, 3.05) is 25.0 Å². The first-order valence-corrected chi connectivity index (χ1v) is 12.1. The average molecular weight is 471 g/mol. The second kappa shape index (κ2) is 9.41. The van der Waals surface area contributed by atoms with Crippen LogP contribution in [0.1, 0.15) is 12.8 Å². The van der Waals surface area contributed by atoms with E-state index in [1.165, 1.54) is 4.31 Å². The van der Waals surface area contributed by atoms with Gasteiger partial charge in [0.15, 0.2) is 11.6 Å². The number of sulfonamides is 1. The highest BCUT2D eigenvalue weighted by Crippen LogP contribution is 2.32. The van der Waals surface area contributed by atoms with Crippen molar-refractivity contribution in [2.24, 2.45) is 5.92 Å². The molecule has 0 aromatic heterocycles. The van der Waals surface area contributed by atoms with Crippen molar-refractivity contribution < 1.29 is 22.0 Å². The van der Waals surface area contributed by atoms with E-state index in [0.29, 0.717) is 18.9 Å². The number of carbonyl (C=O) groups excluding carboxylic acids is 1. The predicted octanol–water partition coefficient (Wildman–Crippen LogP) is 4.70. The Morgan fingerprint density at radius 2 is 1.55 bits per heavy atom. The average Bonchev–Trinajstić information content (AvgIpc) is 2.85. The van der Waals surface area contributed by atoms with Crippen LogP contribution in [0.15, 0.2) is 77.7 Å². The molecule has 0 spiro atoms. The summed E-state index contributed by atoms with van der Waals surface area (Å²) in [6.45, 7) is 0.262. The van der Waals surface area contributed by atoms with E-state index < -0.39 is 21.7 Å². The van der Waals surface area contributed by atoms with Gasteiger partial charge in [-0.3, -0.25) is 4.79 Å². The van der Waals surface area contributed by atoms with Gasteiger partial charge in [-0.05, 0) is 42.7 Å². The first-order valence-electron chi connectivity index (χ1n) is 10.7. The Balaban J connectivity index is 1.48. The molecule has 0 N–H and O–H groups in total. The molecule has 1 aliphatic rings. The molecule has 0 unspecified atom stereocenters. The summed E-state index contributed by atoms with van der Waals surface area (Å²) in [6, 6.07) is 20.0. The number of carbonyl (C=O) groups is 1. The molecule has 1 heterocycles. The van der Waals surface area contributed by atoms with Crippen LogP contribution >= 0.6 is 0 Å². The number of hydrogen-bond acceptors (Lipinski definition) is 3. The lowest BCUT2D eigenvalue weighted by atomic mass is 9.95. The van der Waals surface area contributed by atoms with Gasteiger partial charge in [0.05, 0.1) is 10.6 Å². The fourth-order valence-corrected chi connectivity index (χ4v) is 5.63. The first-order chi connectivity index (χ1) is 15.8. The van der Waals surface area contributed by atoms with Crippen molar-refractivity contribution in [3.63, 3.8) is 0 Å². The Labute approximate surface area is 192 Å². The molecule has 8 heteroatoms. The largest absolute Gasteiger partial charge is 0.315 e. The van der Waals surface area contributed by atoms with Crippen molar-refractivity contribution in [3.05, 3.63) is 84.4 Å². The van der Waals surface area contributed by atoms with Gasteiger partial charge in [0.1, 0.15) is 0 Å². The van der Waals surface area contributed by atoms with E-state index in [4.69, 9.17) is 0 Å². The lowest BCUT2D eigenvalue weighted by Gasteiger charge is -2.33. The van der Waals surface area contributed by atoms with Gasteiger partial charge in [0.2, 0.25) is 15.9 Å². The Hall–Kier alpha value is -3.10. The van der Waals surface area contributed by atoms with Gasteiger partial charge in [-0.15, -0.1) is 0 Å². The minimum atomic E-state index is -3.96. The summed E-state index contributed by atoms with van der Waals surface area (Å²) >= 11 is 0. The summed E-state index contributed by atoms with van der Waals surface area (Å²) in [5.74, 6) is -2.73. The molecule has 0 radical (unpaired) electrons. The van der Waals surface area contributed by atoms with Crippen LogP contribution in [0, 0.1) is 17.6 Å². The number of para-hydroxylation sites is 1. The summed E-state index contributed by atoms with van der Waals surface area (Å²) in [7, 11) is -2.23. The molecule has 172 valence electrons. The summed E-state index contributed by atoms with van der Waals surface area (Å²) in [4.78, 5) is 14.6. The van der Waals surface area contributed by atoms with Gasteiger partial charge >= 0.3 is 0 Å². The van der Waals surface area contributed by atoms with Gasteiger partial charge < -0.3 is 4.90 Å². The number of piperidine rings is 1. The van der Waals surface area contributed by atoms with E-state index in [0.717, 1.165) is 28.9 Å². The molecular formula is C25H24F2N2O3S. The number of benzene rings is 3. The van der Waals surface area contributed by atoms with E-state index in [1.807, 2.05) is 54.6 Å². The summed E-state index contributed by atoms with van der Waals surface area (Å²) in [5, 5.41) is 0. The molecule has 4 rings (SSSR count). The third kappa shape index (κ3) is 4.67. The number of halogens is 2. The highest BCUT2D eigenvalue weighted by molar-refractivity contribution is 7.89. The number of nitrogens with zero attached hydrogens (tertiary/aromatic N) is 2. The summed E-state index contributed by atoms with van der Waals surface area (Å²) in [6.07, 6.45) is 0.694. The fourth-order valence-electron chi connectivity index (χ4n) is 4.15. The van der Waals surface area contributed by atoms with Crippen molar-refractivity contribution in [1.29, 1.82) is 0 Å². The zero-order valence-corrected chi connectivity index (χ0v) is 18.9. The van der Waals surface area contributed by atoms with Gasteiger partial charge in [-0.25, -0.2) is 17.2 Å². The number of rotatable bonds is 5. The van der Waals surface area contributed by atoms with Gasteiger partial charge in [-0.1, -0.05) is 48.5 Å². The molecule has 0 saturated carbocycles. The van der Waals surface area contributed by atoms with Crippen LogP contribution in [-0.4, -0.2) is 38.8 Å². The normalized spacial score (nSPS) is 15.4. The molecular weight excluding hydrogens is 446 g/mol. The van der Waals surface area contributed by atoms with Crippen LogP contribution in [0.5, 0.6) is 0 Å². The molecule has 1 amide bonds. The molecule has 1 saturated heterocycles. The third-order valence-corrected chi connectivity index (χ3v) is 7.91. The standard InChI is InChI=1S/C25H24F2N2O3S/c1-28(24-10-6-5-9-21(24)18-7-3-2-4-8-18)25(30)19-13-15-29(16-14-19)33(31,32)20-11-12-22(26)23(27)17-20/h2-12,17,19H,13-16H2,1H3. The molecule has 3 aromatic rings.